The first-order chi connectivity index (χ1) is 12.5. The molecule has 2 aliphatic heterocycles. The van der Waals surface area contributed by atoms with E-state index in [-0.39, 0.29) is 24.0 Å². The highest BCUT2D eigenvalue weighted by Crippen LogP contribution is 2.22. The van der Waals surface area contributed by atoms with Crippen LogP contribution in [0.3, 0.4) is 0 Å². The van der Waals surface area contributed by atoms with Crippen LogP contribution in [0.2, 0.25) is 0 Å². The van der Waals surface area contributed by atoms with Gasteiger partial charge in [0.1, 0.15) is 0 Å². The fraction of sp³-hybridized carbons (Fsp3) is 0.368. The average Bonchev–Trinajstić information content (AvgIpc) is 3.16. The van der Waals surface area contributed by atoms with E-state index >= 15 is 0 Å². The number of fused-ring (bicyclic) bond motifs is 1. The molecule has 1 atom stereocenters. The van der Waals surface area contributed by atoms with E-state index in [1.54, 1.807) is 6.08 Å². The summed E-state index contributed by atoms with van der Waals surface area (Å²) >= 11 is 0. The third-order valence-corrected chi connectivity index (χ3v) is 6.34. The smallest absolute Gasteiger partial charge is 0.223 e. The van der Waals surface area contributed by atoms with Crippen molar-refractivity contribution in [2.75, 3.05) is 12.3 Å². The lowest BCUT2D eigenvalue weighted by Gasteiger charge is -2.28. The minimum absolute atomic E-state index is 0.00816. The molecule has 1 aromatic heterocycles. The van der Waals surface area contributed by atoms with E-state index in [4.69, 9.17) is 0 Å². The Kier molecular flexibility index (Phi) is 4.40. The summed E-state index contributed by atoms with van der Waals surface area (Å²) in [6, 6.07) is 12.3. The van der Waals surface area contributed by atoms with Gasteiger partial charge < -0.3 is 4.90 Å². The molecule has 6 nitrogen and oxygen atoms in total. The van der Waals surface area contributed by atoms with Crippen molar-refractivity contribution < 1.29 is 13.2 Å². The van der Waals surface area contributed by atoms with Crippen LogP contribution in [0.1, 0.15) is 23.4 Å². The largest absolute Gasteiger partial charge is 0.335 e. The normalized spacial score (nSPS) is 20.9. The average molecular weight is 371 g/mol. The lowest BCUT2D eigenvalue weighted by Crippen LogP contribution is -2.39. The minimum Gasteiger partial charge on any atom is -0.335 e. The van der Waals surface area contributed by atoms with Gasteiger partial charge in [0, 0.05) is 30.7 Å². The third kappa shape index (κ3) is 3.72. The number of amides is 1. The molecule has 0 unspecified atom stereocenters. The first-order valence-corrected chi connectivity index (χ1v) is 10.5. The second kappa shape index (κ2) is 6.72. The van der Waals surface area contributed by atoms with Gasteiger partial charge in [-0.05, 0) is 11.6 Å². The number of aromatic nitrogens is 2. The van der Waals surface area contributed by atoms with Gasteiger partial charge in [-0.2, -0.15) is 5.10 Å². The quantitative estimate of drug-likeness (QED) is 0.821. The van der Waals surface area contributed by atoms with Gasteiger partial charge in [0.05, 0.1) is 30.2 Å². The summed E-state index contributed by atoms with van der Waals surface area (Å²) in [5, 5.41) is 5.88. The Morgan fingerprint density at radius 2 is 2.00 bits per heavy atom. The Bertz CT molecular complexity index is 948. The Labute approximate surface area is 153 Å². The first-order valence-electron chi connectivity index (χ1n) is 8.77. The highest BCUT2D eigenvalue weighted by atomic mass is 32.2. The topological polar surface area (TPSA) is 72.3 Å². The molecule has 2 aliphatic rings. The molecule has 0 saturated carbocycles. The summed E-state index contributed by atoms with van der Waals surface area (Å²) in [6.07, 6.45) is 2.67. The summed E-state index contributed by atoms with van der Waals surface area (Å²) in [6.45, 7) is 1.82. The third-order valence-electron chi connectivity index (χ3n) is 4.87. The molecule has 0 bridgehead atoms. The van der Waals surface area contributed by atoms with Crippen LogP contribution in [0, 0.1) is 5.92 Å². The van der Waals surface area contributed by atoms with E-state index in [1.165, 1.54) is 11.0 Å². The maximum absolute atomic E-state index is 12.5. The summed E-state index contributed by atoms with van der Waals surface area (Å²) in [5.41, 5.74) is 3.25. The molecule has 136 valence electrons. The van der Waals surface area contributed by atoms with Crippen LogP contribution in [0.5, 0.6) is 0 Å². The molecule has 0 fully saturated rings. The zero-order chi connectivity index (χ0) is 18.1. The molecule has 0 radical (unpaired) electrons. The summed E-state index contributed by atoms with van der Waals surface area (Å²) in [5.74, 6) is -0.145. The Hall–Kier alpha value is -2.41. The number of carbonyl (C=O) groups excluding carboxylic acids is 1. The molecule has 0 saturated heterocycles. The monoisotopic (exact) mass is 371 g/mol. The maximum Gasteiger partial charge on any atom is 0.223 e. The van der Waals surface area contributed by atoms with E-state index in [0.29, 0.717) is 19.6 Å². The molecule has 3 heterocycles. The number of sulfone groups is 1. The first kappa shape index (κ1) is 17.0. The van der Waals surface area contributed by atoms with E-state index in [2.05, 4.69) is 23.3 Å². The molecular weight excluding hydrogens is 350 g/mol. The SMILES string of the molecule is O=C(C[C@H]1C=CS(=O)(=O)C1)N1CCn2nc(Cc3ccccc3)cc2C1. The van der Waals surface area contributed by atoms with E-state index < -0.39 is 9.84 Å². The highest BCUT2D eigenvalue weighted by Gasteiger charge is 2.28. The van der Waals surface area contributed by atoms with Crippen molar-refractivity contribution in [2.45, 2.75) is 25.9 Å². The van der Waals surface area contributed by atoms with Crippen LogP contribution < -0.4 is 0 Å². The van der Waals surface area contributed by atoms with Crippen LogP contribution in [-0.4, -0.2) is 41.3 Å². The molecule has 26 heavy (non-hydrogen) atoms. The number of nitrogens with zero attached hydrogens (tertiary/aromatic N) is 3. The van der Waals surface area contributed by atoms with Crippen molar-refractivity contribution in [3.05, 3.63) is 64.8 Å². The molecule has 7 heteroatoms. The van der Waals surface area contributed by atoms with Crippen molar-refractivity contribution in [3.63, 3.8) is 0 Å². The van der Waals surface area contributed by atoms with Gasteiger partial charge in [0.2, 0.25) is 5.91 Å². The van der Waals surface area contributed by atoms with Gasteiger partial charge in [0.25, 0.3) is 0 Å². The van der Waals surface area contributed by atoms with Crippen molar-refractivity contribution >= 4 is 15.7 Å². The Morgan fingerprint density at radius 3 is 2.73 bits per heavy atom. The Morgan fingerprint density at radius 1 is 1.19 bits per heavy atom. The number of carbonyl (C=O) groups is 1. The lowest BCUT2D eigenvalue weighted by molar-refractivity contribution is -0.133. The number of allylic oxidation sites excluding steroid dienone is 1. The van der Waals surface area contributed by atoms with Crippen LogP contribution in [-0.2, 0) is 34.1 Å². The van der Waals surface area contributed by atoms with Gasteiger partial charge in [-0.1, -0.05) is 36.4 Å². The predicted octanol–water partition coefficient (Wildman–Crippen LogP) is 1.76. The summed E-state index contributed by atoms with van der Waals surface area (Å²) < 4.78 is 25.0. The van der Waals surface area contributed by atoms with Crippen molar-refractivity contribution in [1.29, 1.82) is 0 Å². The van der Waals surface area contributed by atoms with Gasteiger partial charge in [-0.25, -0.2) is 8.42 Å². The highest BCUT2D eigenvalue weighted by molar-refractivity contribution is 7.94. The molecule has 4 rings (SSSR count). The van der Waals surface area contributed by atoms with Gasteiger partial charge in [-0.3, -0.25) is 9.48 Å². The zero-order valence-electron chi connectivity index (χ0n) is 14.4. The van der Waals surface area contributed by atoms with Crippen LogP contribution in [0.4, 0.5) is 0 Å². The number of rotatable bonds is 4. The number of benzene rings is 1. The standard InChI is InChI=1S/C19H21N3O3S/c23-19(11-16-6-9-26(24,25)14-16)21-7-8-22-18(13-21)12-17(20-22)10-15-4-2-1-3-5-15/h1-6,9,12,16H,7-8,10-11,13-14H2/t16-/m1/s1. The minimum atomic E-state index is -3.11. The number of hydrogen-bond donors (Lipinski definition) is 0. The second-order valence-electron chi connectivity index (χ2n) is 6.95. The van der Waals surface area contributed by atoms with E-state index in [1.807, 2.05) is 27.8 Å². The van der Waals surface area contributed by atoms with E-state index in [9.17, 15) is 13.2 Å². The molecule has 1 aromatic carbocycles. The molecule has 1 amide bonds. The van der Waals surface area contributed by atoms with Gasteiger partial charge in [0.15, 0.2) is 9.84 Å². The summed E-state index contributed by atoms with van der Waals surface area (Å²) in [4.78, 5) is 14.3. The van der Waals surface area contributed by atoms with Crippen molar-refractivity contribution in [1.82, 2.24) is 14.7 Å². The van der Waals surface area contributed by atoms with E-state index in [0.717, 1.165) is 17.8 Å². The van der Waals surface area contributed by atoms with Crippen LogP contribution in [0.15, 0.2) is 47.9 Å². The fourth-order valence-corrected chi connectivity index (χ4v) is 4.95. The van der Waals surface area contributed by atoms with Crippen molar-refractivity contribution in [3.8, 4) is 0 Å². The van der Waals surface area contributed by atoms with Gasteiger partial charge in [-0.15, -0.1) is 0 Å². The lowest BCUT2D eigenvalue weighted by atomic mass is 10.1. The fourth-order valence-electron chi connectivity index (χ4n) is 3.55. The summed E-state index contributed by atoms with van der Waals surface area (Å²) in [7, 11) is -3.11. The maximum atomic E-state index is 12.5. The molecule has 0 aliphatic carbocycles. The van der Waals surface area contributed by atoms with Gasteiger partial charge >= 0.3 is 0 Å². The van der Waals surface area contributed by atoms with Crippen LogP contribution in [0.25, 0.3) is 0 Å². The van der Waals surface area contributed by atoms with Crippen molar-refractivity contribution in [2.24, 2.45) is 5.92 Å². The predicted molar refractivity (Wildman–Crippen MR) is 97.9 cm³/mol. The Balaban J connectivity index is 1.40. The molecule has 0 spiro atoms. The molecule has 2 aromatic rings. The zero-order valence-corrected chi connectivity index (χ0v) is 15.2. The number of hydrogen-bond acceptors (Lipinski definition) is 4. The van der Waals surface area contributed by atoms with Crippen LogP contribution >= 0.6 is 0 Å². The second-order valence-corrected chi connectivity index (χ2v) is 8.88. The molecular formula is C19H21N3O3S. The molecule has 0 N–H and O–H groups in total.